The molecule has 24 heavy (non-hydrogen) atoms. The van der Waals surface area contributed by atoms with Crippen LogP contribution in [-0.4, -0.2) is 53.9 Å². The number of ether oxygens (including phenoxy) is 1. The molecule has 0 bridgehead atoms. The number of nitrogens with zero attached hydrogens (tertiary/aromatic N) is 2. The molecule has 1 saturated heterocycles. The normalized spacial score (nSPS) is 13.4. The minimum Gasteiger partial charge on any atom is -0.448 e. The van der Waals surface area contributed by atoms with Crippen molar-refractivity contribution in [3.05, 3.63) is 42.5 Å². The summed E-state index contributed by atoms with van der Waals surface area (Å²) in [6, 6.07) is 7.21. The van der Waals surface area contributed by atoms with Gasteiger partial charge in [0.2, 0.25) is 11.8 Å². The van der Waals surface area contributed by atoms with Crippen molar-refractivity contribution < 1.29 is 19.1 Å². The highest BCUT2D eigenvalue weighted by atomic mass is 16.6. The summed E-state index contributed by atoms with van der Waals surface area (Å²) in [6.07, 6.45) is 0.883. The number of benzene rings is 1. The van der Waals surface area contributed by atoms with E-state index in [4.69, 9.17) is 4.74 Å². The summed E-state index contributed by atoms with van der Waals surface area (Å²) in [4.78, 5) is 38.0. The molecule has 7 nitrogen and oxygen atoms in total. The summed E-state index contributed by atoms with van der Waals surface area (Å²) in [7, 11) is 0. The lowest BCUT2D eigenvalue weighted by Crippen LogP contribution is -2.36. The van der Waals surface area contributed by atoms with Crippen LogP contribution in [-0.2, 0) is 20.9 Å². The van der Waals surface area contributed by atoms with E-state index in [1.165, 1.54) is 11.0 Å². The molecule has 2 rings (SSSR count). The molecule has 3 amide bonds. The Bertz CT molecular complexity index is 627. The van der Waals surface area contributed by atoms with Crippen LogP contribution >= 0.6 is 0 Å². The van der Waals surface area contributed by atoms with Gasteiger partial charge in [0, 0.05) is 18.8 Å². The summed E-state index contributed by atoms with van der Waals surface area (Å²) in [5.41, 5.74) is 1.58. The first kappa shape index (κ1) is 17.5. The van der Waals surface area contributed by atoms with E-state index in [1.54, 1.807) is 24.0 Å². The van der Waals surface area contributed by atoms with E-state index in [9.17, 15) is 14.4 Å². The molecule has 0 unspecified atom stereocenters. The molecular formula is C17H21N3O4. The highest BCUT2D eigenvalue weighted by Crippen LogP contribution is 2.14. The first-order valence-corrected chi connectivity index (χ1v) is 7.75. The van der Waals surface area contributed by atoms with Crippen LogP contribution in [0.4, 0.5) is 10.5 Å². The van der Waals surface area contributed by atoms with Crippen LogP contribution in [0.25, 0.3) is 0 Å². The van der Waals surface area contributed by atoms with Crippen molar-refractivity contribution in [1.82, 2.24) is 9.80 Å². The molecule has 1 fully saturated rings. The van der Waals surface area contributed by atoms with Crippen LogP contribution in [0.1, 0.15) is 12.5 Å². The van der Waals surface area contributed by atoms with Crippen molar-refractivity contribution in [2.45, 2.75) is 13.5 Å². The van der Waals surface area contributed by atoms with Gasteiger partial charge in [-0.05, 0) is 30.7 Å². The van der Waals surface area contributed by atoms with E-state index >= 15 is 0 Å². The largest absolute Gasteiger partial charge is 0.448 e. The maximum atomic E-state index is 12.0. The van der Waals surface area contributed by atoms with E-state index < -0.39 is 0 Å². The van der Waals surface area contributed by atoms with Gasteiger partial charge in [0.15, 0.2) is 0 Å². The van der Waals surface area contributed by atoms with E-state index in [0.29, 0.717) is 31.9 Å². The lowest BCUT2D eigenvalue weighted by molar-refractivity contribution is -0.130. The zero-order valence-electron chi connectivity index (χ0n) is 13.7. The number of hydrogen-bond acceptors (Lipinski definition) is 4. The van der Waals surface area contributed by atoms with Crippen LogP contribution in [0, 0.1) is 0 Å². The summed E-state index contributed by atoms with van der Waals surface area (Å²) in [6.45, 7) is 7.11. The number of cyclic esters (lactones) is 1. The first-order chi connectivity index (χ1) is 11.5. The molecule has 0 aromatic heterocycles. The van der Waals surface area contributed by atoms with Gasteiger partial charge in [-0.2, -0.15) is 0 Å². The van der Waals surface area contributed by atoms with E-state index in [1.807, 2.05) is 12.1 Å². The van der Waals surface area contributed by atoms with Gasteiger partial charge in [0.25, 0.3) is 0 Å². The fourth-order valence-corrected chi connectivity index (χ4v) is 2.33. The smallest absolute Gasteiger partial charge is 0.410 e. The maximum absolute atomic E-state index is 12.0. The zero-order chi connectivity index (χ0) is 17.5. The van der Waals surface area contributed by atoms with E-state index in [-0.39, 0.29) is 24.5 Å². The second-order valence-electron chi connectivity index (χ2n) is 5.34. The molecule has 128 valence electrons. The summed E-state index contributed by atoms with van der Waals surface area (Å²) < 4.78 is 4.88. The van der Waals surface area contributed by atoms with Crippen LogP contribution in [0.5, 0.6) is 0 Å². The second kappa shape index (κ2) is 8.14. The number of carbonyl (C=O) groups is 3. The number of amides is 3. The topological polar surface area (TPSA) is 79.0 Å². The highest BCUT2D eigenvalue weighted by molar-refractivity contribution is 5.96. The second-order valence-corrected chi connectivity index (χ2v) is 5.34. The molecule has 0 atom stereocenters. The number of anilines is 1. The molecule has 7 heteroatoms. The van der Waals surface area contributed by atoms with Gasteiger partial charge in [-0.15, -0.1) is 0 Å². The molecule has 0 spiro atoms. The van der Waals surface area contributed by atoms with E-state index in [0.717, 1.165) is 5.56 Å². The summed E-state index contributed by atoms with van der Waals surface area (Å²) in [5.74, 6) is -0.552. The lowest BCUT2D eigenvalue weighted by Gasteiger charge is -2.18. The van der Waals surface area contributed by atoms with Gasteiger partial charge >= 0.3 is 6.09 Å². The fraction of sp³-hybridized carbons (Fsp3) is 0.353. The third kappa shape index (κ3) is 4.58. The zero-order valence-corrected chi connectivity index (χ0v) is 13.7. The van der Waals surface area contributed by atoms with Gasteiger partial charge in [-0.1, -0.05) is 18.7 Å². The molecule has 0 radical (unpaired) electrons. The van der Waals surface area contributed by atoms with Gasteiger partial charge < -0.3 is 19.9 Å². The Balaban J connectivity index is 1.88. The number of rotatable bonds is 7. The van der Waals surface area contributed by atoms with Crippen molar-refractivity contribution in [3.8, 4) is 0 Å². The summed E-state index contributed by atoms with van der Waals surface area (Å²) >= 11 is 0. The van der Waals surface area contributed by atoms with Crippen molar-refractivity contribution in [2.75, 3.05) is 31.6 Å². The Morgan fingerprint density at radius 1 is 1.38 bits per heavy atom. The number of likely N-dealkylation sites (N-methyl/N-ethyl adjacent to an activating group) is 1. The van der Waals surface area contributed by atoms with Crippen molar-refractivity contribution >= 4 is 23.6 Å². The molecule has 1 aromatic carbocycles. The van der Waals surface area contributed by atoms with Gasteiger partial charge in [-0.3, -0.25) is 9.59 Å². The third-order valence-corrected chi connectivity index (χ3v) is 3.66. The SMILES string of the molecule is C=CC(=O)N(CC)CC(=O)Nc1ccc(CN2CCOC2=O)cc1. The molecule has 1 N–H and O–H groups in total. The number of carbonyl (C=O) groups excluding carboxylic acids is 3. The van der Waals surface area contributed by atoms with Crippen molar-refractivity contribution in [2.24, 2.45) is 0 Å². The molecule has 0 saturated carbocycles. The predicted molar refractivity (Wildman–Crippen MR) is 89.3 cm³/mol. The van der Waals surface area contributed by atoms with E-state index in [2.05, 4.69) is 11.9 Å². The third-order valence-electron chi connectivity index (χ3n) is 3.66. The Morgan fingerprint density at radius 2 is 2.08 bits per heavy atom. The Morgan fingerprint density at radius 3 is 2.62 bits per heavy atom. The number of nitrogens with one attached hydrogen (secondary N) is 1. The van der Waals surface area contributed by atoms with Crippen LogP contribution < -0.4 is 5.32 Å². The average molecular weight is 331 g/mol. The monoisotopic (exact) mass is 331 g/mol. The minimum atomic E-state index is -0.307. The molecule has 1 aromatic rings. The molecule has 1 aliphatic rings. The molecule has 1 aliphatic heterocycles. The van der Waals surface area contributed by atoms with Crippen LogP contribution in [0.3, 0.4) is 0 Å². The first-order valence-electron chi connectivity index (χ1n) is 7.75. The lowest BCUT2D eigenvalue weighted by atomic mass is 10.2. The maximum Gasteiger partial charge on any atom is 0.410 e. The highest BCUT2D eigenvalue weighted by Gasteiger charge is 2.21. The van der Waals surface area contributed by atoms with Gasteiger partial charge in [0.05, 0.1) is 6.54 Å². The Hall–Kier alpha value is -2.83. The van der Waals surface area contributed by atoms with Crippen molar-refractivity contribution in [1.29, 1.82) is 0 Å². The Labute approximate surface area is 140 Å². The van der Waals surface area contributed by atoms with Crippen LogP contribution in [0.15, 0.2) is 36.9 Å². The summed E-state index contributed by atoms with van der Waals surface area (Å²) in [5, 5.41) is 2.74. The standard InChI is InChI=1S/C17H21N3O4/c1-3-16(22)19(4-2)12-15(21)18-14-7-5-13(6-8-14)11-20-9-10-24-17(20)23/h3,5-8H,1,4,9-12H2,2H3,(H,18,21). The molecule has 1 heterocycles. The predicted octanol–water partition coefficient (Wildman–Crippen LogP) is 1.61. The van der Waals surface area contributed by atoms with Crippen molar-refractivity contribution in [3.63, 3.8) is 0 Å². The molecular weight excluding hydrogens is 310 g/mol. The fourth-order valence-electron chi connectivity index (χ4n) is 2.33. The average Bonchev–Trinajstić information content (AvgIpc) is 2.98. The Kier molecular flexibility index (Phi) is 5.95. The molecule has 0 aliphatic carbocycles. The number of hydrogen-bond donors (Lipinski definition) is 1. The van der Waals surface area contributed by atoms with Crippen LogP contribution in [0.2, 0.25) is 0 Å². The van der Waals surface area contributed by atoms with Gasteiger partial charge in [-0.25, -0.2) is 4.79 Å². The minimum absolute atomic E-state index is 0.0251. The van der Waals surface area contributed by atoms with Gasteiger partial charge in [0.1, 0.15) is 13.2 Å². The quantitative estimate of drug-likeness (QED) is 0.770.